The molecular weight excluding hydrogens is 450 g/mol. The molecule has 0 saturated carbocycles. The maximum absolute atomic E-state index is 12.8. The third-order valence-corrected chi connectivity index (χ3v) is 4.97. The lowest BCUT2D eigenvalue weighted by atomic mass is 10.3. The van der Waals surface area contributed by atoms with Crippen LogP contribution in [0.2, 0.25) is 0 Å². The summed E-state index contributed by atoms with van der Waals surface area (Å²) in [6.07, 6.45) is 2.10. The van der Waals surface area contributed by atoms with E-state index < -0.39 is 21.8 Å². The summed E-state index contributed by atoms with van der Waals surface area (Å²) in [5, 5.41) is 8.20. The smallest absolute Gasteiger partial charge is 0.320 e. The lowest BCUT2D eigenvalue weighted by Crippen LogP contribution is -2.31. The van der Waals surface area contributed by atoms with Gasteiger partial charge in [0.05, 0.1) is 11.5 Å². The number of nitrogens with zero attached hydrogens (tertiary/aromatic N) is 4. The molecular formula is C21H27N5O6S. The third-order valence-electron chi connectivity index (χ3n) is 3.84. The van der Waals surface area contributed by atoms with Crippen molar-refractivity contribution in [3.8, 4) is 17.6 Å². The molecule has 2 aromatic rings. The summed E-state index contributed by atoms with van der Waals surface area (Å²) in [5.74, 6) is -0.0343. The molecule has 1 atom stereocenters. The molecule has 0 fully saturated rings. The number of sulfone groups is 1. The van der Waals surface area contributed by atoms with E-state index in [0.717, 1.165) is 6.26 Å². The Labute approximate surface area is 193 Å². The van der Waals surface area contributed by atoms with Gasteiger partial charge < -0.3 is 24.5 Å². The summed E-state index contributed by atoms with van der Waals surface area (Å²) in [7, 11) is 1.58. The Hall–Kier alpha value is -3.51. The number of hydrogen-bond acceptors (Lipinski definition) is 10. The van der Waals surface area contributed by atoms with E-state index in [1.807, 2.05) is 0 Å². The number of amides is 1. The summed E-state index contributed by atoms with van der Waals surface area (Å²) in [5.41, 5.74) is -0.0410. The van der Waals surface area contributed by atoms with Gasteiger partial charge in [0.25, 0.3) is 5.91 Å². The van der Waals surface area contributed by atoms with Crippen LogP contribution in [0, 0.1) is 0 Å². The fraction of sp³-hybridized carbons (Fsp3) is 0.333. The van der Waals surface area contributed by atoms with Crippen LogP contribution in [-0.2, 0) is 14.6 Å². The van der Waals surface area contributed by atoms with Crippen molar-refractivity contribution in [2.75, 3.05) is 34.1 Å². The van der Waals surface area contributed by atoms with Crippen LogP contribution in [0.15, 0.2) is 53.0 Å². The molecule has 1 heterocycles. The minimum atomic E-state index is -3.35. The molecule has 0 spiro atoms. The first-order chi connectivity index (χ1) is 15.5. The van der Waals surface area contributed by atoms with E-state index in [4.69, 9.17) is 14.2 Å². The number of nitrogens with one attached hydrogen (secondary N) is 1. The molecule has 33 heavy (non-hydrogen) atoms. The second kappa shape index (κ2) is 11.4. The van der Waals surface area contributed by atoms with Crippen LogP contribution >= 0.6 is 0 Å². The minimum Gasteiger partial charge on any atom is -0.458 e. The van der Waals surface area contributed by atoms with Crippen molar-refractivity contribution in [3.63, 3.8) is 0 Å². The number of rotatable bonds is 10. The predicted molar refractivity (Wildman–Crippen MR) is 122 cm³/mol. The standard InChI is InChI=1S/C21H27N5O6S/c1-7-18(25-26(3)4)23-20(27)17-12-19(24-21(22-17)31-14(2)13-30-5)32-15-8-10-16(11-9-15)33(6,28)29/h7-12,14H,1,13H2,2-6H3,(H,23,25,27). The second-order valence-electron chi connectivity index (χ2n) is 7.09. The number of carbonyl (C=O) groups excluding carboxylic acids is 1. The molecule has 11 nitrogen and oxygen atoms in total. The van der Waals surface area contributed by atoms with Crippen LogP contribution in [0.3, 0.4) is 0 Å². The number of amidine groups is 1. The molecule has 0 saturated heterocycles. The zero-order valence-electron chi connectivity index (χ0n) is 19.1. The Balaban J connectivity index is 2.36. The largest absolute Gasteiger partial charge is 0.458 e. The number of hydrazone groups is 1. The van der Waals surface area contributed by atoms with Gasteiger partial charge >= 0.3 is 6.01 Å². The Morgan fingerprint density at radius 2 is 1.94 bits per heavy atom. The quantitative estimate of drug-likeness (QED) is 0.309. The molecule has 0 aliphatic carbocycles. The molecule has 12 heteroatoms. The summed E-state index contributed by atoms with van der Waals surface area (Å²) < 4.78 is 39.7. The highest BCUT2D eigenvalue weighted by Crippen LogP contribution is 2.24. The molecule has 1 aromatic heterocycles. The highest BCUT2D eigenvalue weighted by atomic mass is 32.2. The van der Waals surface area contributed by atoms with Crippen molar-refractivity contribution in [1.82, 2.24) is 20.3 Å². The van der Waals surface area contributed by atoms with Gasteiger partial charge in [-0.15, -0.1) is 0 Å². The van der Waals surface area contributed by atoms with Crippen molar-refractivity contribution < 1.29 is 27.4 Å². The van der Waals surface area contributed by atoms with Gasteiger partial charge in [0, 0.05) is 33.5 Å². The van der Waals surface area contributed by atoms with Crippen LogP contribution in [0.25, 0.3) is 0 Å². The van der Waals surface area contributed by atoms with E-state index in [0.29, 0.717) is 5.75 Å². The van der Waals surface area contributed by atoms with E-state index in [9.17, 15) is 13.2 Å². The molecule has 1 N–H and O–H groups in total. The Bertz CT molecular complexity index is 1120. The summed E-state index contributed by atoms with van der Waals surface area (Å²) in [4.78, 5) is 21.2. The fourth-order valence-electron chi connectivity index (χ4n) is 2.46. The van der Waals surface area contributed by atoms with Crippen molar-refractivity contribution in [2.24, 2.45) is 5.10 Å². The lowest BCUT2D eigenvalue weighted by Gasteiger charge is -2.14. The lowest BCUT2D eigenvalue weighted by molar-refractivity contribution is 0.0840. The first-order valence-electron chi connectivity index (χ1n) is 9.74. The Kier molecular flexibility index (Phi) is 8.88. The maximum Gasteiger partial charge on any atom is 0.320 e. The normalized spacial score (nSPS) is 12.6. The van der Waals surface area contributed by atoms with Crippen LogP contribution < -0.4 is 14.8 Å². The van der Waals surface area contributed by atoms with E-state index in [-0.39, 0.29) is 34.9 Å². The third kappa shape index (κ3) is 8.16. The maximum atomic E-state index is 12.8. The van der Waals surface area contributed by atoms with Crippen LogP contribution in [0.5, 0.6) is 17.6 Å². The fourth-order valence-corrected chi connectivity index (χ4v) is 3.09. The molecule has 1 unspecified atom stereocenters. The summed E-state index contributed by atoms with van der Waals surface area (Å²) in [6, 6.07) is 7.00. The van der Waals surface area contributed by atoms with Gasteiger partial charge in [0.15, 0.2) is 15.7 Å². The topological polar surface area (TPSA) is 132 Å². The Morgan fingerprint density at radius 1 is 1.27 bits per heavy atom. The number of ether oxygens (including phenoxy) is 3. The first kappa shape index (κ1) is 25.7. The van der Waals surface area contributed by atoms with Crippen molar-refractivity contribution in [3.05, 3.63) is 48.7 Å². The van der Waals surface area contributed by atoms with Gasteiger partial charge in [-0.25, -0.2) is 8.42 Å². The van der Waals surface area contributed by atoms with Crippen LogP contribution in [-0.4, -0.2) is 75.3 Å². The van der Waals surface area contributed by atoms with Crippen molar-refractivity contribution in [2.45, 2.75) is 17.9 Å². The SMILES string of the molecule is C=CC(=NN(C)C)NC(=O)c1cc(Oc2ccc(S(C)(=O)=O)cc2)nc(OC(C)COC)n1. The molecule has 0 aliphatic rings. The van der Waals surface area contributed by atoms with E-state index in [2.05, 4.69) is 27.0 Å². The molecule has 0 radical (unpaired) electrons. The van der Waals surface area contributed by atoms with Crippen molar-refractivity contribution in [1.29, 1.82) is 0 Å². The predicted octanol–water partition coefficient (Wildman–Crippen LogP) is 1.88. The van der Waals surface area contributed by atoms with Crippen LogP contribution in [0.1, 0.15) is 17.4 Å². The van der Waals surface area contributed by atoms with Gasteiger partial charge in [-0.3, -0.25) is 4.79 Å². The first-order valence-corrected chi connectivity index (χ1v) is 11.6. The zero-order chi connectivity index (χ0) is 24.6. The van der Waals surface area contributed by atoms with Crippen LogP contribution in [0.4, 0.5) is 0 Å². The molecule has 0 aliphatic heterocycles. The van der Waals surface area contributed by atoms with E-state index in [1.165, 1.54) is 48.5 Å². The number of methoxy groups -OCH3 is 1. The average molecular weight is 478 g/mol. The number of benzene rings is 1. The second-order valence-corrected chi connectivity index (χ2v) is 9.11. The van der Waals surface area contributed by atoms with Gasteiger partial charge in [-0.05, 0) is 37.3 Å². The van der Waals surface area contributed by atoms with Gasteiger partial charge in [0.2, 0.25) is 5.88 Å². The highest BCUT2D eigenvalue weighted by molar-refractivity contribution is 7.90. The average Bonchev–Trinajstić information content (AvgIpc) is 2.72. The van der Waals surface area contributed by atoms with Crippen molar-refractivity contribution >= 4 is 21.6 Å². The molecule has 0 bridgehead atoms. The monoisotopic (exact) mass is 477 g/mol. The van der Waals surface area contributed by atoms with Gasteiger partial charge in [-0.1, -0.05) is 6.58 Å². The molecule has 1 aromatic carbocycles. The van der Waals surface area contributed by atoms with E-state index in [1.54, 1.807) is 21.0 Å². The number of hydrogen-bond donors (Lipinski definition) is 1. The molecule has 178 valence electrons. The van der Waals surface area contributed by atoms with E-state index >= 15 is 0 Å². The zero-order valence-corrected chi connectivity index (χ0v) is 19.9. The molecule has 1 amide bonds. The summed E-state index contributed by atoms with van der Waals surface area (Å²) in [6.45, 7) is 5.66. The number of aromatic nitrogens is 2. The number of carbonyl (C=O) groups is 1. The Morgan fingerprint density at radius 3 is 2.48 bits per heavy atom. The summed E-state index contributed by atoms with van der Waals surface area (Å²) >= 11 is 0. The minimum absolute atomic E-state index is 0.0200. The molecule has 2 rings (SSSR count). The van der Waals surface area contributed by atoms with Gasteiger partial charge in [-0.2, -0.15) is 15.1 Å². The highest BCUT2D eigenvalue weighted by Gasteiger charge is 2.17. The van der Waals surface area contributed by atoms with Gasteiger partial charge in [0.1, 0.15) is 17.5 Å².